The molecule has 3 rings (SSSR count). The molecule has 1 aliphatic rings. The van der Waals surface area contributed by atoms with Gasteiger partial charge >= 0.3 is 5.97 Å². The van der Waals surface area contributed by atoms with Gasteiger partial charge in [-0.05, 0) is 17.9 Å². The van der Waals surface area contributed by atoms with Gasteiger partial charge < -0.3 is 14.4 Å². The number of carbonyl (C=O) groups excluding carboxylic acids is 2. The van der Waals surface area contributed by atoms with Crippen LogP contribution in [0.2, 0.25) is 0 Å². The first-order chi connectivity index (χ1) is 12.9. The van der Waals surface area contributed by atoms with Crippen LogP contribution < -0.4 is 9.64 Å². The first kappa shape index (κ1) is 19.7. The van der Waals surface area contributed by atoms with E-state index in [4.69, 9.17) is 33.3 Å². The number of amides is 1. The van der Waals surface area contributed by atoms with Crippen LogP contribution in [-0.2, 0) is 14.3 Å². The normalized spacial score (nSPS) is 16.9. The summed E-state index contributed by atoms with van der Waals surface area (Å²) < 4.78 is 10.6. The molecule has 0 spiro atoms. The third-order valence-corrected chi connectivity index (χ3v) is 5.63. The van der Waals surface area contributed by atoms with Crippen LogP contribution in [0.4, 0.5) is 5.69 Å². The minimum absolute atomic E-state index is 0.0393. The van der Waals surface area contributed by atoms with Gasteiger partial charge in [0, 0.05) is 43.8 Å². The molecule has 0 fully saturated rings. The number of methoxy groups -OCH3 is 1. The van der Waals surface area contributed by atoms with E-state index in [0.717, 1.165) is 16.3 Å². The number of rotatable bonds is 5. The van der Waals surface area contributed by atoms with E-state index in [0.29, 0.717) is 23.9 Å². The van der Waals surface area contributed by atoms with E-state index >= 15 is 0 Å². The van der Waals surface area contributed by atoms with Crippen molar-refractivity contribution in [3.8, 4) is 5.75 Å². The second kappa shape index (κ2) is 7.92. The second-order valence-electron chi connectivity index (χ2n) is 6.46. The molecule has 1 heterocycles. The van der Waals surface area contributed by atoms with Crippen LogP contribution >= 0.6 is 23.8 Å². The number of halogens is 1. The Balaban J connectivity index is 2.18. The lowest BCUT2D eigenvalue weighted by atomic mass is 9.95. The molecule has 0 N–H and O–H groups in total. The molecule has 0 saturated carbocycles. The van der Waals surface area contributed by atoms with Gasteiger partial charge in [-0.15, -0.1) is 11.6 Å². The highest BCUT2D eigenvalue weighted by Crippen LogP contribution is 2.45. The average Bonchev–Trinajstić information content (AvgIpc) is 3.04. The van der Waals surface area contributed by atoms with Crippen LogP contribution in [0.1, 0.15) is 25.3 Å². The van der Waals surface area contributed by atoms with Crippen molar-refractivity contribution in [2.45, 2.75) is 25.9 Å². The van der Waals surface area contributed by atoms with Gasteiger partial charge in [0.15, 0.2) is 0 Å². The van der Waals surface area contributed by atoms with Gasteiger partial charge in [0.25, 0.3) is 5.91 Å². The molecule has 0 bridgehead atoms. The van der Waals surface area contributed by atoms with Crippen molar-refractivity contribution in [3.63, 3.8) is 0 Å². The van der Waals surface area contributed by atoms with Crippen LogP contribution in [-0.4, -0.2) is 42.4 Å². The summed E-state index contributed by atoms with van der Waals surface area (Å²) in [4.78, 5) is 26.4. The number of ether oxygens (including phenoxy) is 2. The van der Waals surface area contributed by atoms with E-state index in [1.807, 2.05) is 24.3 Å². The molecule has 27 heavy (non-hydrogen) atoms. The van der Waals surface area contributed by atoms with E-state index in [1.54, 1.807) is 17.9 Å². The van der Waals surface area contributed by atoms with E-state index in [9.17, 15) is 9.59 Å². The number of anilines is 1. The topological polar surface area (TPSA) is 55.8 Å². The maximum Gasteiger partial charge on any atom is 0.308 e. The highest BCUT2D eigenvalue weighted by atomic mass is 35.5. The molecular weight excluding hydrogens is 386 g/mol. The maximum atomic E-state index is 13.0. The lowest BCUT2D eigenvalue weighted by Gasteiger charge is -2.21. The Kier molecular flexibility index (Phi) is 5.79. The highest BCUT2D eigenvalue weighted by Gasteiger charge is 2.36. The summed E-state index contributed by atoms with van der Waals surface area (Å²) in [6.45, 7) is 3.50. The van der Waals surface area contributed by atoms with Crippen molar-refractivity contribution >= 4 is 57.0 Å². The van der Waals surface area contributed by atoms with E-state index in [1.165, 1.54) is 14.0 Å². The second-order valence-corrected chi connectivity index (χ2v) is 7.20. The standard InChI is InChI=1S/C20H20ClNO4S/c1-11(25-3)19(27)20(24)22-10-13(9-21)18-15-7-5-4-6-14(15)17(8-16(18)22)26-12(2)23/h4-8,11,13H,9-10H2,1-3H3. The zero-order valence-corrected chi connectivity index (χ0v) is 16.9. The van der Waals surface area contributed by atoms with Crippen LogP contribution in [0.5, 0.6) is 5.75 Å². The summed E-state index contributed by atoms with van der Waals surface area (Å²) in [7, 11) is 1.51. The Morgan fingerprint density at radius 2 is 2.00 bits per heavy atom. The summed E-state index contributed by atoms with van der Waals surface area (Å²) in [6, 6.07) is 9.36. The van der Waals surface area contributed by atoms with Gasteiger partial charge in [0.1, 0.15) is 10.6 Å². The molecule has 2 unspecified atom stereocenters. The van der Waals surface area contributed by atoms with Crippen molar-refractivity contribution < 1.29 is 19.1 Å². The van der Waals surface area contributed by atoms with Gasteiger partial charge in [-0.1, -0.05) is 36.5 Å². The number of fused-ring (bicyclic) bond motifs is 3. The first-order valence-corrected chi connectivity index (χ1v) is 9.51. The smallest absolute Gasteiger partial charge is 0.308 e. The predicted octanol–water partition coefficient (Wildman–Crippen LogP) is 3.84. The van der Waals surface area contributed by atoms with Crippen LogP contribution in [0.15, 0.2) is 30.3 Å². The molecule has 0 radical (unpaired) electrons. The number of benzene rings is 2. The van der Waals surface area contributed by atoms with Crippen molar-refractivity contribution in [2.75, 3.05) is 24.4 Å². The summed E-state index contributed by atoms with van der Waals surface area (Å²) in [5, 5.41) is 1.72. The predicted molar refractivity (Wildman–Crippen MR) is 110 cm³/mol. The first-order valence-electron chi connectivity index (χ1n) is 8.57. The molecule has 1 amide bonds. The molecule has 1 aliphatic heterocycles. The number of alkyl halides is 1. The number of hydrogen-bond donors (Lipinski definition) is 0. The monoisotopic (exact) mass is 405 g/mol. The fraction of sp³-hybridized carbons (Fsp3) is 0.350. The summed E-state index contributed by atoms with van der Waals surface area (Å²) >= 11 is 11.5. The Morgan fingerprint density at radius 1 is 1.33 bits per heavy atom. The zero-order chi connectivity index (χ0) is 19.7. The summed E-state index contributed by atoms with van der Waals surface area (Å²) in [6.07, 6.45) is -0.473. The van der Waals surface area contributed by atoms with Crippen LogP contribution in [0.25, 0.3) is 10.8 Å². The molecule has 2 atom stereocenters. The minimum Gasteiger partial charge on any atom is -0.426 e. The summed E-state index contributed by atoms with van der Waals surface area (Å²) in [5.41, 5.74) is 1.64. The molecule has 0 saturated heterocycles. The fourth-order valence-corrected chi connectivity index (χ4v) is 3.84. The molecule has 2 aromatic rings. The maximum absolute atomic E-state index is 13.0. The van der Waals surface area contributed by atoms with E-state index in [2.05, 4.69) is 0 Å². The van der Waals surface area contributed by atoms with Crippen LogP contribution in [0, 0.1) is 0 Å². The number of thiocarbonyl (C=S) groups is 1. The Hall–Kier alpha value is -2.02. The fourth-order valence-electron chi connectivity index (χ4n) is 3.38. The van der Waals surface area contributed by atoms with Gasteiger partial charge in [0.05, 0.1) is 11.8 Å². The number of hydrogen-bond acceptors (Lipinski definition) is 5. The SMILES string of the molecule is COC(C)C(=S)C(=O)N1CC(CCl)c2c1cc(OC(C)=O)c1ccccc21. The summed E-state index contributed by atoms with van der Waals surface area (Å²) in [5.74, 6) is 0.0177. The van der Waals surface area contributed by atoms with E-state index in [-0.39, 0.29) is 16.7 Å². The number of nitrogens with zero attached hydrogens (tertiary/aromatic N) is 1. The Morgan fingerprint density at radius 3 is 2.59 bits per heavy atom. The van der Waals surface area contributed by atoms with Gasteiger partial charge in [-0.3, -0.25) is 9.59 Å². The van der Waals surface area contributed by atoms with E-state index < -0.39 is 12.1 Å². The highest BCUT2D eigenvalue weighted by molar-refractivity contribution is 7.82. The van der Waals surface area contributed by atoms with Crippen molar-refractivity contribution in [1.29, 1.82) is 0 Å². The molecule has 7 heteroatoms. The molecule has 2 aromatic carbocycles. The number of carbonyl (C=O) groups is 2. The lowest BCUT2D eigenvalue weighted by Crippen LogP contribution is -2.40. The zero-order valence-electron chi connectivity index (χ0n) is 15.3. The molecular formula is C20H20ClNO4S. The largest absolute Gasteiger partial charge is 0.426 e. The van der Waals surface area contributed by atoms with Crippen molar-refractivity contribution in [2.24, 2.45) is 0 Å². The molecule has 142 valence electrons. The third-order valence-electron chi connectivity index (χ3n) is 4.75. The Bertz CT molecular complexity index is 930. The third kappa shape index (κ3) is 3.57. The van der Waals surface area contributed by atoms with Gasteiger partial charge in [-0.2, -0.15) is 0 Å². The van der Waals surface area contributed by atoms with Crippen molar-refractivity contribution in [1.82, 2.24) is 0 Å². The quantitative estimate of drug-likeness (QED) is 0.327. The average molecular weight is 406 g/mol. The Labute approximate surface area is 168 Å². The van der Waals surface area contributed by atoms with Crippen LogP contribution in [0.3, 0.4) is 0 Å². The number of esters is 1. The molecule has 0 aliphatic carbocycles. The van der Waals surface area contributed by atoms with Gasteiger partial charge in [0.2, 0.25) is 0 Å². The molecule has 0 aromatic heterocycles. The minimum atomic E-state index is -0.473. The van der Waals surface area contributed by atoms with Crippen molar-refractivity contribution in [3.05, 3.63) is 35.9 Å². The lowest BCUT2D eigenvalue weighted by molar-refractivity contribution is -0.131. The van der Waals surface area contributed by atoms with Gasteiger partial charge in [-0.25, -0.2) is 0 Å². The molecule has 5 nitrogen and oxygen atoms in total.